The fraction of sp³-hybridized carbons (Fsp3) is 0.444. The van der Waals surface area contributed by atoms with Gasteiger partial charge >= 0.3 is 0 Å². The molecule has 0 aliphatic rings. The van der Waals surface area contributed by atoms with Gasteiger partial charge in [-0.15, -0.1) is 0 Å². The molecule has 3 heteroatoms. The summed E-state index contributed by atoms with van der Waals surface area (Å²) in [4.78, 5) is 10.4. The molecule has 1 atom stereocenters. The van der Waals surface area contributed by atoms with E-state index in [1.807, 2.05) is 26.0 Å². The van der Waals surface area contributed by atoms with Gasteiger partial charge in [0.1, 0.15) is 0 Å². The van der Waals surface area contributed by atoms with Gasteiger partial charge in [0.25, 0.3) is 5.91 Å². The second-order valence-electron chi connectivity index (χ2n) is 2.70. The Morgan fingerprint density at radius 2 is 2.25 bits per heavy atom. The molecule has 0 heterocycles. The van der Waals surface area contributed by atoms with Crippen LogP contribution in [0.5, 0.6) is 0 Å². The SMILES string of the molecule is CC=CCC(C)C=C(O)C(N)=O. The van der Waals surface area contributed by atoms with E-state index in [4.69, 9.17) is 10.8 Å². The van der Waals surface area contributed by atoms with Crippen LogP contribution in [-0.2, 0) is 4.79 Å². The Labute approximate surface area is 72.6 Å². The van der Waals surface area contributed by atoms with Gasteiger partial charge < -0.3 is 10.8 Å². The van der Waals surface area contributed by atoms with Gasteiger partial charge in [0, 0.05) is 0 Å². The number of aliphatic hydroxyl groups excluding tert-OH is 1. The van der Waals surface area contributed by atoms with Crippen molar-refractivity contribution in [1.29, 1.82) is 0 Å². The van der Waals surface area contributed by atoms with Gasteiger partial charge in [-0.3, -0.25) is 4.79 Å². The molecule has 0 aromatic carbocycles. The Morgan fingerprint density at radius 3 is 2.67 bits per heavy atom. The van der Waals surface area contributed by atoms with Crippen molar-refractivity contribution in [2.45, 2.75) is 20.3 Å². The minimum atomic E-state index is -0.776. The molecule has 0 aromatic heterocycles. The van der Waals surface area contributed by atoms with Gasteiger partial charge in [-0.1, -0.05) is 19.1 Å². The molecular weight excluding hydrogens is 154 g/mol. The highest BCUT2D eigenvalue weighted by Gasteiger charge is 2.03. The first-order valence-electron chi connectivity index (χ1n) is 3.89. The zero-order valence-corrected chi connectivity index (χ0v) is 7.45. The van der Waals surface area contributed by atoms with Crippen LogP contribution in [-0.4, -0.2) is 11.0 Å². The predicted molar refractivity (Wildman–Crippen MR) is 48.5 cm³/mol. The quantitative estimate of drug-likeness (QED) is 0.380. The Kier molecular flexibility index (Phi) is 4.84. The summed E-state index contributed by atoms with van der Waals surface area (Å²) < 4.78 is 0. The minimum absolute atomic E-state index is 0.133. The van der Waals surface area contributed by atoms with Crippen molar-refractivity contribution in [1.82, 2.24) is 0 Å². The molecule has 0 aromatic rings. The number of primary amides is 1. The first-order valence-corrected chi connectivity index (χ1v) is 3.89. The van der Waals surface area contributed by atoms with Crippen molar-refractivity contribution in [2.75, 3.05) is 0 Å². The molecule has 0 fully saturated rings. The van der Waals surface area contributed by atoms with Gasteiger partial charge in [-0.25, -0.2) is 0 Å². The van der Waals surface area contributed by atoms with Crippen LogP contribution in [0.15, 0.2) is 24.0 Å². The van der Waals surface area contributed by atoms with E-state index < -0.39 is 5.91 Å². The van der Waals surface area contributed by atoms with Gasteiger partial charge in [0.05, 0.1) is 0 Å². The second-order valence-corrected chi connectivity index (χ2v) is 2.70. The lowest BCUT2D eigenvalue weighted by Crippen LogP contribution is -2.14. The number of carbonyl (C=O) groups excluding carboxylic acids is 1. The maximum absolute atomic E-state index is 10.4. The minimum Gasteiger partial charge on any atom is -0.503 e. The first-order chi connectivity index (χ1) is 5.57. The summed E-state index contributed by atoms with van der Waals surface area (Å²) in [6, 6.07) is 0. The molecule has 12 heavy (non-hydrogen) atoms. The number of hydrogen-bond acceptors (Lipinski definition) is 2. The first kappa shape index (κ1) is 10.8. The van der Waals surface area contributed by atoms with E-state index in [1.165, 1.54) is 6.08 Å². The number of carbonyl (C=O) groups is 1. The molecule has 0 aliphatic carbocycles. The van der Waals surface area contributed by atoms with E-state index in [9.17, 15) is 4.79 Å². The fourth-order valence-electron chi connectivity index (χ4n) is 0.770. The summed E-state index contributed by atoms with van der Waals surface area (Å²) in [7, 11) is 0. The van der Waals surface area contributed by atoms with Crippen LogP contribution in [0.4, 0.5) is 0 Å². The zero-order chi connectivity index (χ0) is 9.56. The third-order valence-corrected chi connectivity index (χ3v) is 1.44. The highest BCUT2D eigenvalue weighted by molar-refractivity contribution is 5.89. The Balaban J connectivity index is 4.04. The van der Waals surface area contributed by atoms with E-state index >= 15 is 0 Å². The van der Waals surface area contributed by atoms with Gasteiger partial charge in [0.15, 0.2) is 5.76 Å². The number of hydrogen-bond donors (Lipinski definition) is 2. The molecule has 0 radical (unpaired) electrons. The van der Waals surface area contributed by atoms with Crippen molar-refractivity contribution in [3.8, 4) is 0 Å². The van der Waals surface area contributed by atoms with Crippen molar-refractivity contribution in [3.63, 3.8) is 0 Å². The van der Waals surface area contributed by atoms with E-state index in [1.54, 1.807) is 0 Å². The molecule has 1 unspecified atom stereocenters. The topological polar surface area (TPSA) is 63.3 Å². The highest BCUT2D eigenvalue weighted by Crippen LogP contribution is 2.06. The second kappa shape index (κ2) is 5.41. The van der Waals surface area contributed by atoms with Crippen molar-refractivity contribution < 1.29 is 9.90 Å². The number of amides is 1. The normalized spacial score (nSPS) is 15.0. The molecule has 0 rings (SSSR count). The van der Waals surface area contributed by atoms with Crippen molar-refractivity contribution in [2.24, 2.45) is 11.7 Å². The lowest BCUT2D eigenvalue weighted by atomic mass is 10.1. The van der Waals surface area contributed by atoms with Gasteiger partial charge in [0.2, 0.25) is 0 Å². The summed E-state index contributed by atoms with van der Waals surface area (Å²) in [5.74, 6) is -0.997. The number of aliphatic hydroxyl groups is 1. The van der Waals surface area contributed by atoms with Gasteiger partial charge in [-0.2, -0.15) is 0 Å². The fourth-order valence-corrected chi connectivity index (χ4v) is 0.770. The summed E-state index contributed by atoms with van der Waals surface area (Å²) in [5.41, 5.74) is 4.84. The van der Waals surface area contributed by atoms with E-state index in [2.05, 4.69) is 0 Å². The van der Waals surface area contributed by atoms with Crippen LogP contribution in [0.3, 0.4) is 0 Å². The Morgan fingerprint density at radius 1 is 1.67 bits per heavy atom. The van der Waals surface area contributed by atoms with Gasteiger partial charge in [-0.05, 0) is 25.3 Å². The molecule has 1 amide bonds. The average molecular weight is 169 g/mol. The Hall–Kier alpha value is -1.25. The molecule has 0 saturated carbocycles. The van der Waals surface area contributed by atoms with Crippen molar-refractivity contribution >= 4 is 5.91 Å². The van der Waals surface area contributed by atoms with E-state index in [-0.39, 0.29) is 11.7 Å². The summed E-state index contributed by atoms with van der Waals surface area (Å²) in [6.45, 7) is 3.82. The molecule has 0 saturated heterocycles. The maximum atomic E-state index is 10.4. The average Bonchev–Trinajstić information content (AvgIpc) is 2.00. The number of allylic oxidation sites excluding steroid dienone is 3. The summed E-state index contributed by atoms with van der Waals surface area (Å²) in [6.07, 6.45) is 6.15. The molecule has 3 nitrogen and oxygen atoms in total. The standard InChI is InChI=1S/C9H15NO2/c1-3-4-5-7(2)6-8(11)9(10)12/h3-4,6-7,11H,5H2,1-2H3,(H2,10,12). The van der Waals surface area contributed by atoms with Crippen LogP contribution in [0.25, 0.3) is 0 Å². The molecule has 68 valence electrons. The summed E-state index contributed by atoms with van der Waals surface area (Å²) in [5, 5.41) is 8.96. The third-order valence-electron chi connectivity index (χ3n) is 1.44. The molecular formula is C9H15NO2. The Bertz CT molecular complexity index is 207. The molecule has 3 N–H and O–H groups in total. The highest BCUT2D eigenvalue weighted by atomic mass is 16.3. The summed E-state index contributed by atoms with van der Waals surface area (Å²) >= 11 is 0. The third kappa shape index (κ3) is 4.55. The van der Waals surface area contributed by atoms with Crippen LogP contribution in [0, 0.1) is 5.92 Å². The lowest BCUT2D eigenvalue weighted by molar-refractivity contribution is -0.117. The van der Waals surface area contributed by atoms with E-state index in [0.717, 1.165) is 6.42 Å². The monoisotopic (exact) mass is 169 g/mol. The van der Waals surface area contributed by atoms with Crippen LogP contribution >= 0.6 is 0 Å². The maximum Gasteiger partial charge on any atom is 0.283 e. The van der Waals surface area contributed by atoms with Crippen LogP contribution in [0.1, 0.15) is 20.3 Å². The molecule has 0 aliphatic heterocycles. The van der Waals surface area contributed by atoms with Crippen LogP contribution in [0.2, 0.25) is 0 Å². The van der Waals surface area contributed by atoms with E-state index in [0.29, 0.717) is 0 Å². The molecule has 0 spiro atoms. The van der Waals surface area contributed by atoms with Crippen molar-refractivity contribution in [3.05, 3.63) is 24.0 Å². The number of nitrogens with two attached hydrogens (primary N) is 1. The number of rotatable bonds is 4. The predicted octanol–water partition coefficient (Wildman–Crippen LogP) is 1.52. The zero-order valence-electron chi connectivity index (χ0n) is 7.45. The molecule has 0 bridgehead atoms. The largest absolute Gasteiger partial charge is 0.503 e. The lowest BCUT2D eigenvalue weighted by Gasteiger charge is -2.01. The smallest absolute Gasteiger partial charge is 0.283 e. The van der Waals surface area contributed by atoms with Crippen LogP contribution < -0.4 is 5.73 Å².